The topological polar surface area (TPSA) is 97.4 Å². The Balaban J connectivity index is 0.00000256. The Morgan fingerprint density at radius 1 is 1.47 bits per heavy atom. The van der Waals surface area contributed by atoms with E-state index in [-0.39, 0.29) is 18.2 Å². The molecule has 0 unspecified atom stereocenters. The summed E-state index contributed by atoms with van der Waals surface area (Å²) in [4.78, 5) is 21.0. The van der Waals surface area contributed by atoms with Crippen molar-refractivity contribution in [3.8, 4) is 0 Å². The normalized spacial score (nSPS) is 9.47. The number of furan rings is 1. The third-order valence-corrected chi connectivity index (χ3v) is 1.88. The molecule has 96 valence electrons. The molecule has 1 aromatic heterocycles. The molecule has 0 spiro atoms. The average molecular weight is 264 g/mol. The van der Waals surface area contributed by atoms with E-state index in [1.165, 1.54) is 6.07 Å². The van der Waals surface area contributed by atoms with E-state index in [1.54, 1.807) is 0 Å². The van der Waals surface area contributed by atoms with Gasteiger partial charge in [-0.25, -0.2) is 0 Å². The molecule has 8 heteroatoms. The fourth-order valence-electron chi connectivity index (χ4n) is 1.10. The number of halogens is 1. The monoisotopic (exact) mass is 263 g/mol. The first-order chi connectivity index (χ1) is 7.65. The molecule has 17 heavy (non-hydrogen) atoms. The van der Waals surface area contributed by atoms with E-state index in [0.717, 1.165) is 19.0 Å². The van der Waals surface area contributed by atoms with Crippen LogP contribution >= 0.6 is 12.4 Å². The highest BCUT2D eigenvalue weighted by atomic mass is 35.5. The third-order valence-electron chi connectivity index (χ3n) is 1.88. The Kier molecular flexibility index (Phi) is 6.92. The second-order valence-electron chi connectivity index (χ2n) is 3.11. The third kappa shape index (κ3) is 4.83. The highest BCUT2D eigenvalue weighted by Gasteiger charge is 2.16. The summed E-state index contributed by atoms with van der Waals surface area (Å²) in [5, 5.41) is 15.8. The molecule has 2 N–H and O–H groups in total. The van der Waals surface area contributed by atoms with Crippen LogP contribution < -0.4 is 10.6 Å². The fourth-order valence-corrected chi connectivity index (χ4v) is 1.10. The molecule has 0 saturated heterocycles. The highest BCUT2D eigenvalue weighted by molar-refractivity contribution is 5.91. The Labute approximate surface area is 104 Å². The van der Waals surface area contributed by atoms with Crippen LogP contribution in [-0.4, -0.2) is 31.0 Å². The van der Waals surface area contributed by atoms with E-state index >= 15 is 0 Å². The van der Waals surface area contributed by atoms with Gasteiger partial charge in [-0.3, -0.25) is 14.9 Å². The first-order valence-electron chi connectivity index (χ1n) is 4.82. The molecule has 0 radical (unpaired) electrons. The molecule has 1 amide bonds. The van der Waals surface area contributed by atoms with Crippen LogP contribution in [0.3, 0.4) is 0 Å². The molecular weight excluding hydrogens is 250 g/mol. The van der Waals surface area contributed by atoms with Crippen LogP contribution in [0.25, 0.3) is 0 Å². The number of nitrogens with zero attached hydrogens (tertiary/aromatic N) is 1. The van der Waals surface area contributed by atoms with Crippen molar-refractivity contribution in [1.82, 2.24) is 10.6 Å². The molecule has 0 atom stereocenters. The summed E-state index contributed by atoms with van der Waals surface area (Å²) in [7, 11) is 1.82. The van der Waals surface area contributed by atoms with Crippen molar-refractivity contribution in [2.75, 3.05) is 20.1 Å². The quantitative estimate of drug-likeness (QED) is 0.452. The Morgan fingerprint density at radius 3 is 2.71 bits per heavy atom. The predicted molar refractivity (Wildman–Crippen MR) is 63.5 cm³/mol. The van der Waals surface area contributed by atoms with Crippen molar-refractivity contribution in [2.24, 2.45) is 0 Å². The standard InChI is InChI=1S/C9H13N3O4.ClH/c1-10-5-2-6-11-9(13)7-3-4-8(16-7)12(14)15;/h3-4,10H,2,5-6H2,1H3,(H,11,13);1H. The van der Waals surface area contributed by atoms with Crippen molar-refractivity contribution in [1.29, 1.82) is 0 Å². The van der Waals surface area contributed by atoms with Gasteiger partial charge in [-0.1, -0.05) is 0 Å². The van der Waals surface area contributed by atoms with Gasteiger partial charge in [0.15, 0.2) is 5.76 Å². The Hall–Kier alpha value is -1.60. The van der Waals surface area contributed by atoms with Gasteiger partial charge in [-0.05, 0) is 26.1 Å². The molecule has 1 heterocycles. The molecule has 0 bridgehead atoms. The summed E-state index contributed by atoms with van der Waals surface area (Å²) in [6.07, 6.45) is 0.783. The molecule has 0 aliphatic carbocycles. The first kappa shape index (κ1) is 15.4. The van der Waals surface area contributed by atoms with Crippen molar-refractivity contribution in [2.45, 2.75) is 6.42 Å². The van der Waals surface area contributed by atoms with Gasteiger partial charge in [-0.15, -0.1) is 12.4 Å². The van der Waals surface area contributed by atoms with E-state index < -0.39 is 16.7 Å². The zero-order valence-electron chi connectivity index (χ0n) is 9.26. The van der Waals surface area contributed by atoms with Crippen LogP contribution in [0.4, 0.5) is 5.88 Å². The maximum Gasteiger partial charge on any atom is 0.433 e. The lowest BCUT2D eigenvalue weighted by Gasteiger charge is -2.01. The van der Waals surface area contributed by atoms with Crippen molar-refractivity contribution < 1.29 is 14.1 Å². The molecular formula is C9H14ClN3O4. The lowest BCUT2D eigenvalue weighted by atomic mass is 10.4. The van der Waals surface area contributed by atoms with E-state index in [2.05, 4.69) is 10.6 Å². The van der Waals surface area contributed by atoms with E-state index in [1.807, 2.05) is 7.05 Å². The van der Waals surface area contributed by atoms with Crippen LogP contribution in [0, 0.1) is 10.1 Å². The number of carbonyl (C=O) groups is 1. The number of nitro groups is 1. The number of nitrogens with one attached hydrogen (secondary N) is 2. The SMILES string of the molecule is CNCCCNC(=O)c1ccc([N+](=O)[O-])o1.Cl. The molecule has 1 aromatic rings. The Bertz CT molecular complexity index is 380. The Morgan fingerprint density at radius 2 is 2.18 bits per heavy atom. The van der Waals surface area contributed by atoms with Crippen molar-refractivity contribution in [3.63, 3.8) is 0 Å². The molecule has 7 nitrogen and oxygen atoms in total. The molecule has 0 saturated carbocycles. The smallest absolute Gasteiger partial charge is 0.395 e. The summed E-state index contributed by atoms with van der Waals surface area (Å²) in [5.41, 5.74) is 0. The number of amides is 1. The minimum atomic E-state index is -0.683. The first-order valence-corrected chi connectivity index (χ1v) is 4.82. The van der Waals surface area contributed by atoms with Crippen molar-refractivity contribution >= 4 is 24.2 Å². The summed E-state index contributed by atoms with van der Waals surface area (Å²) >= 11 is 0. The number of hydrogen-bond acceptors (Lipinski definition) is 5. The van der Waals surface area contributed by atoms with Crippen LogP contribution in [0.2, 0.25) is 0 Å². The predicted octanol–water partition coefficient (Wildman–Crippen LogP) is 0.949. The molecule has 0 aliphatic rings. The van der Waals surface area contributed by atoms with Gasteiger partial charge in [0.1, 0.15) is 4.92 Å². The van der Waals surface area contributed by atoms with Gasteiger partial charge in [0.2, 0.25) is 0 Å². The van der Waals surface area contributed by atoms with Crippen LogP contribution in [0.5, 0.6) is 0 Å². The lowest BCUT2D eigenvalue weighted by Crippen LogP contribution is -2.26. The zero-order valence-corrected chi connectivity index (χ0v) is 10.1. The highest BCUT2D eigenvalue weighted by Crippen LogP contribution is 2.15. The van der Waals surface area contributed by atoms with E-state index in [0.29, 0.717) is 6.54 Å². The average Bonchev–Trinajstić information content (AvgIpc) is 2.73. The minimum Gasteiger partial charge on any atom is -0.395 e. The van der Waals surface area contributed by atoms with Gasteiger partial charge in [0.25, 0.3) is 5.91 Å². The fraction of sp³-hybridized carbons (Fsp3) is 0.444. The molecule has 0 aliphatic heterocycles. The lowest BCUT2D eigenvalue weighted by molar-refractivity contribution is -0.402. The zero-order chi connectivity index (χ0) is 12.0. The largest absolute Gasteiger partial charge is 0.433 e. The van der Waals surface area contributed by atoms with Crippen LogP contribution in [0.1, 0.15) is 17.0 Å². The summed E-state index contributed by atoms with van der Waals surface area (Å²) in [5.74, 6) is -0.916. The minimum absolute atomic E-state index is 0. The summed E-state index contributed by atoms with van der Waals surface area (Å²) in [6, 6.07) is 2.44. The van der Waals surface area contributed by atoms with E-state index in [9.17, 15) is 14.9 Å². The van der Waals surface area contributed by atoms with Crippen molar-refractivity contribution in [3.05, 3.63) is 28.0 Å². The number of rotatable bonds is 6. The summed E-state index contributed by atoms with van der Waals surface area (Å²) in [6.45, 7) is 1.28. The van der Waals surface area contributed by atoms with Gasteiger partial charge in [-0.2, -0.15) is 0 Å². The van der Waals surface area contributed by atoms with Crippen LogP contribution in [-0.2, 0) is 0 Å². The van der Waals surface area contributed by atoms with Gasteiger partial charge >= 0.3 is 5.88 Å². The second-order valence-corrected chi connectivity index (χ2v) is 3.11. The van der Waals surface area contributed by atoms with Gasteiger partial charge < -0.3 is 15.1 Å². The number of hydrogen-bond donors (Lipinski definition) is 2. The molecule has 0 fully saturated rings. The second kappa shape index (κ2) is 7.64. The van der Waals surface area contributed by atoms with Crippen LogP contribution in [0.15, 0.2) is 16.5 Å². The number of carbonyl (C=O) groups excluding carboxylic acids is 1. The summed E-state index contributed by atoms with van der Waals surface area (Å²) < 4.78 is 4.74. The van der Waals surface area contributed by atoms with E-state index in [4.69, 9.17) is 4.42 Å². The molecule has 1 rings (SSSR count). The van der Waals surface area contributed by atoms with Gasteiger partial charge in [0, 0.05) is 6.54 Å². The maximum absolute atomic E-state index is 11.4. The van der Waals surface area contributed by atoms with Gasteiger partial charge in [0.05, 0.1) is 6.07 Å². The molecule has 0 aromatic carbocycles. The maximum atomic E-state index is 11.4.